The van der Waals surface area contributed by atoms with E-state index in [9.17, 15) is 0 Å². The molecule has 0 atom stereocenters. The largest absolute Gasteiger partial charge is 0.377 e. The van der Waals surface area contributed by atoms with Gasteiger partial charge in [0.1, 0.15) is 0 Å². The van der Waals surface area contributed by atoms with E-state index >= 15 is 0 Å². The van der Waals surface area contributed by atoms with Crippen LogP contribution in [0.25, 0.3) is 10.8 Å². The highest BCUT2D eigenvalue weighted by molar-refractivity contribution is 5.86. The quantitative estimate of drug-likeness (QED) is 0.527. The molecule has 0 aromatic heterocycles. The van der Waals surface area contributed by atoms with E-state index in [1.807, 2.05) is 0 Å². The van der Waals surface area contributed by atoms with Gasteiger partial charge in [-0.3, -0.25) is 0 Å². The van der Waals surface area contributed by atoms with Gasteiger partial charge in [-0.2, -0.15) is 0 Å². The Balaban J connectivity index is 1.54. The maximum absolute atomic E-state index is 5.69. The van der Waals surface area contributed by atoms with Gasteiger partial charge in [0.15, 0.2) is 5.96 Å². The maximum Gasteiger partial charge on any atom is 0.191 e. The van der Waals surface area contributed by atoms with Crippen molar-refractivity contribution in [2.45, 2.75) is 52.3 Å². The fraction of sp³-hybridized carbons (Fsp3) is 0.542. The minimum Gasteiger partial charge on any atom is -0.377 e. The van der Waals surface area contributed by atoms with Crippen LogP contribution in [0.5, 0.6) is 0 Å². The first kappa shape index (κ1) is 21.6. The Morgan fingerprint density at radius 3 is 2.66 bits per heavy atom. The molecular formula is C24H36N4O. The van der Waals surface area contributed by atoms with E-state index in [4.69, 9.17) is 9.73 Å². The van der Waals surface area contributed by atoms with Crippen molar-refractivity contribution in [2.75, 3.05) is 32.8 Å². The van der Waals surface area contributed by atoms with Crippen molar-refractivity contribution in [3.05, 3.63) is 48.0 Å². The summed E-state index contributed by atoms with van der Waals surface area (Å²) in [6.45, 7) is 11.9. The lowest BCUT2D eigenvalue weighted by Crippen LogP contribution is -2.49. The zero-order valence-corrected chi connectivity index (χ0v) is 18.2. The number of likely N-dealkylation sites (tertiary alicyclic amines) is 1. The molecule has 0 amide bonds. The molecule has 0 saturated carbocycles. The van der Waals surface area contributed by atoms with Crippen molar-refractivity contribution < 1.29 is 4.74 Å². The number of ether oxygens (including phenoxy) is 1. The van der Waals surface area contributed by atoms with E-state index in [1.165, 1.54) is 16.3 Å². The Bertz CT molecular complexity index is 776. The highest BCUT2D eigenvalue weighted by Gasteiger charge is 2.19. The summed E-state index contributed by atoms with van der Waals surface area (Å²) >= 11 is 0. The van der Waals surface area contributed by atoms with Crippen molar-refractivity contribution in [3.8, 4) is 0 Å². The van der Waals surface area contributed by atoms with Gasteiger partial charge in [-0.25, -0.2) is 4.99 Å². The molecule has 5 heteroatoms. The molecule has 0 radical (unpaired) electrons. The Hall–Kier alpha value is -2.11. The molecule has 0 spiro atoms. The molecule has 29 heavy (non-hydrogen) atoms. The molecule has 0 aliphatic carbocycles. The molecule has 0 unspecified atom stereocenters. The summed E-state index contributed by atoms with van der Waals surface area (Å²) in [4.78, 5) is 7.38. The highest BCUT2D eigenvalue weighted by Crippen LogP contribution is 2.19. The van der Waals surface area contributed by atoms with Gasteiger partial charge in [0.05, 0.1) is 19.3 Å². The van der Waals surface area contributed by atoms with E-state index in [-0.39, 0.29) is 0 Å². The number of nitrogens with zero attached hydrogens (tertiary/aromatic N) is 2. The van der Waals surface area contributed by atoms with Crippen LogP contribution in [0.4, 0.5) is 0 Å². The second-order valence-corrected chi connectivity index (χ2v) is 8.01. The van der Waals surface area contributed by atoms with Gasteiger partial charge in [-0.05, 0) is 49.9 Å². The number of hydrogen-bond acceptors (Lipinski definition) is 3. The molecule has 1 fully saturated rings. The Kier molecular flexibility index (Phi) is 8.32. The van der Waals surface area contributed by atoms with Crippen LogP contribution in [0.15, 0.2) is 47.5 Å². The number of aliphatic imine (C=N–C) groups is 1. The molecule has 5 nitrogen and oxygen atoms in total. The average Bonchev–Trinajstić information content (AvgIpc) is 2.73. The van der Waals surface area contributed by atoms with Gasteiger partial charge in [-0.1, -0.05) is 42.5 Å². The lowest BCUT2D eigenvalue weighted by molar-refractivity contribution is 0.0532. The number of fused-ring (bicyclic) bond motifs is 1. The second kappa shape index (κ2) is 11.2. The van der Waals surface area contributed by atoms with Crippen molar-refractivity contribution in [1.29, 1.82) is 0 Å². The third-order valence-electron chi connectivity index (χ3n) is 5.42. The number of guanidine groups is 1. The zero-order valence-electron chi connectivity index (χ0n) is 18.2. The van der Waals surface area contributed by atoms with Crippen LogP contribution >= 0.6 is 0 Å². The third kappa shape index (κ3) is 6.72. The maximum atomic E-state index is 5.69. The molecule has 2 N–H and O–H groups in total. The third-order valence-corrected chi connectivity index (χ3v) is 5.42. The van der Waals surface area contributed by atoms with Crippen LogP contribution < -0.4 is 10.6 Å². The molecule has 1 aliphatic heterocycles. The average molecular weight is 397 g/mol. The molecule has 158 valence electrons. The number of hydrogen-bond donors (Lipinski definition) is 2. The van der Waals surface area contributed by atoms with E-state index in [0.717, 1.165) is 51.6 Å². The fourth-order valence-electron chi connectivity index (χ4n) is 3.83. The fourth-order valence-corrected chi connectivity index (χ4v) is 3.83. The topological polar surface area (TPSA) is 48.9 Å². The summed E-state index contributed by atoms with van der Waals surface area (Å²) in [6.07, 6.45) is 2.59. The van der Waals surface area contributed by atoms with Crippen LogP contribution in [0.1, 0.15) is 39.2 Å². The Morgan fingerprint density at radius 1 is 1.14 bits per heavy atom. The van der Waals surface area contributed by atoms with E-state index < -0.39 is 0 Å². The minimum atomic E-state index is 0.315. The van der Waals surface area contributed by atoms with Gasteiger partial charge >= 0.3 is 0 Å². The lowest BCUT2D eigenvalue weighted by Gasteiger charge is -2.33. The van der Waals surface area contributed by atoms with Crippen LogP contribution in [-0.2, 0) is 11.3 Å². The van der Waals surface area contributed by atoms with Crippen molar-refractivity contribution in [3.63, 3.8) is 0 Å². The van der Waals surface area contributed by atoms with Crippen molar-refractivity contribution in [2.24, 2.45) is 4.99 Å². The summed E-state index contributed by atoms with van der Waals surface area (Å²) in [7, 11) is 0. The summed E-state index contributed by atoms with van der Waals surface area (Å²) in [6, 6.07) is 15.4. The number of rotatable bonds is 8. The summed E-state index contributed by atoms with van der Waals surface area (Å²) in [5, 5.41) is 9.62. The van der Waals surface area contributed by atoms with Gasteiger partial charge in [0, 0.05) is 32.2 Å². The normalized spacial score (nSPS) is 16.5. The van der Waals surface area contributed by atoms with Crippen molar-refractivity contribution in [1.82, 2.24) is 15.5 Å². The first-order valence-electron chi connectivity index (χ1n) is 11.0. The van der Waals surface area contributed by atoms with Crippen LogP contribution in [-0.4, -0.2) is 55.8 Å². The lowest BCUT2D eigenvalue weighted by atomic mass is 10.0. The van der Waals surface area contributed by atoms with Crippen LogP contribution in [0.2, 0.25) is 0 Å². The molecule has 2 aromatic rings. The number of benzene rings is 2. The van der Waals surface area contributed by atoms with Gasteiger partial charge in [-0.15, -0.1) is 0 Å². The minimum absolute atomic E-state index is 0.315. The zero-order chi connectivity index (χ0) is 20.5. The highest BCUT2D eigenvalue weighted by atomic mass is 16.5. The first-order valence-corrected chi connectivity index (χ1v) is 11.0. The van der Waals surface area contributed by atoms with E-state index in [1.54, 1.807) is 0 Å². The summed E-state index contributed by atoms with van der Waals surface area (Å²) < 4.78 is 5.69. The van der Waals surface area contributed by atoms with Crippen LogP contribution in [0, 0.1) is 0 Å². The number of piperidine rings is 1. The predicted octanol–water partition coefficient (Wildman–Crippen LogP) is 3.78. The molecule has 2 aromatic carbocycles. The van der Waals surface area contributed by atoms with Gasteiger partial charge in [0.25, 0.3) is 0 Å². The smallest absolute Gasteiger partial charge is 0.191 e. The molecule has 1 heterocycles. The predicted molar refractivity (Wildman–Crippen MR) is 122 cm³/mol. The Labute approximate surface area is 175 Å². The number of nitrogens with one attached hydrogen (secondary N) is 2. The van der Waals surface area contributed by atoms with Crippen LogP contribution in [0.3, 0.4) is 0 Å². The van der Waals surface area contributed by atoms with E-state index in [0.29, 0.717) is 18.7 Å². The SMILES string of the molecule is CCNC(=NCc1cccc2ccccc12)NC1CCN(CCOC(C)C)CC1. The Morgan fingerprint density at radius 2 is 1.90 bits per heavy atom. The molecule has 3 rings (SSSR count). The molecular weight excluding hydrogens is 360 g/mol. The molecule has 0 bridgehead atoms. The van der Waals surface area contributed by atoms with Crippen molar-refractivity contribution >= 4 is 16.7 Å². The summed E-state index contributed by atoms with van der Waals surface area (Å²) in [5.74, 6) is 0.919. The van der Waals surface area contributed by atoms with Gasteiger partial charge in [0.2, 0.25) is 0 Å². The van der Waals surface area contributed by atoms with Gasteiger partial charge < -0.3 is 20.3 Å². The second-order valence-electron chi connectivity index (χ2n) is 8.01. The monoisotopic (exact) mass is 396 g/mol. The molecule has 1 aliphatic rings. The summed E-state index contributed by atoms with van der Waals surface area (Å²) in [5.41, 5.74) is 1.26. The first-order chi connectivity index (χ1) is 14.2. The standard InChI is InChI=1S/C24H36N4O/c1-4-25-24(26-18-21-10-7-9-20-8-5-6-11-23(20)21)27-22-12-14-28(15-13-22)16-17-29-19(2)3/h5-11,19,22H,4,12-18H2,1-3H3,(H2,25,26,27). The van der Waals surface area contributed by atoms with E-state index in [2.05, 4.69) is 78.8 Å². The molecule has 1 saturated heterocycles.